The highest BCUT2D eigenvalue weighted by atomic mass is 79.9. The molecule has 1 aromatic heterocycles. The molecule has 0 saturated carbocycles. The first-order valence-electron chi connectivity index (χ1n) is 4.05. The Kier molecular flexibility index (Phi) is 2.29. The van der Waals surface area contributed by atoms with E-state index in [4.69, 9.17) is 5.73 Å². The maximum atomic E-state index is 5.58. The summed E-state index contributed by atoms with van der Waals surface area (Å²) in [4.78, 5) is 4.29. The topological polar surface area (TPSA) is 38.9 Å². The van der Waals surface area contributed by atoms with Crippen LogP contribution in [-0.2, 0) is 6.54 Å². The van der Waals surface area contributed by atoms with Crippen LogP contribution in [0.15, 0.2) is 34.9 Å². The van der Waals surface area contributed by atoms with E-state index in [-0.39, 0.29) is 0 Å². The molecule has 66 valence electrons. The number of nitrogens with two attached hydrogens (primary N) is 1. The normalized spacial score (nSPS) is 10.6. The predicted octanol–water partition coefficient (Wildman–Crippen LogP) is 2.46. The number of benzene rings is 1. The van der Waals surface area contributed by atoms with Crippen LogP contribution in [0.3, 0.4) is 0 Å². The lowest BCUT2D eigenvalue weighted by atomic mass is 10.1. The van der Waals surface area contributed by atoms with Crippen molar-refractivity contribution < 1.29 is 0 Å². The summed E-state index contributed by atoms with van der Waals surface area (Å²) < 4.78 is 1.01. The van der Waals surface area contributed by atoms with E-state index < -0.39 is 0 Å². The molecule has 1 heterocycles. The van der Waals surface area contributed by atoms with Gasteiger partial charge in [0, 0.05) is 22.6 Å². The molecular weight excluding hydrogens is 228 g/mol. The number of hydrogen-bond donors (Lipinski definition) is 1. The van der Waals surface area contributed by atoms with E-state index >= 15 is 0 Å². The maximum Gasteiger partial charge on any atom is 0.0847 e. The number of nitrogens with zero attached hydrogens (tertiary/aromatic N) is 1. The molecule has 0 fully saturated rings. The molecule has 0 aliphatic heterocycles. The van der Waals surface area contributed by atoms with E-state index in [2.05, 4.69) is 20.9 Å². The van der Waals surface area contributed by atoms with Gasteiger partial charge in [0.1, 0.15) is 0 Å². The second kappa shape index (κ2) is 3.44. The number of rotatable bonds is 1. The molecule has 2 rings (SSSR count). The van der Waals surface area contributed by atoms with Crippen LogP contribution in [-0.4, -0.2) is 4.98 Å². The summed E-state index contributed by atoms with van der Waals surface area (Å²) >= 11 is 3.50. The molecule has 0 bridgehead atoms. The van der Waals surface area contributed by atoms with Crippen molar-refractivity contribution >= 4 is 26.8 Å². The largest absolute Gasteiger partial charge is 0.326 e. The van der Waals surface area contributed by atoms with E-state index in [0.717, 1.165) is 20.9 Å². The molecule has 0 aliphatic carbocycles. The first-order chi connectivity index (χ1) is 6.33. The highest BCUT2D eigenvalue weighted by Crippen LogP contribution is 2.25. The van der Waals surface area contributed by atoms with Crippen molar-refractivity contribution in [3.8, 4) is 0 Å². The first kappa shape index (κ1) is 8.66. The van der Waals surface area contributed by atoms with Crippen LogP contribution in [0.1, 0.15) is 5.56 Å². The third-order valence-corrected chi connectivity index (χ3v) is 2.90. The SMILES string of the molecule is NCc1ccc2cccnc2c1Br. The fourth-order valence-corrected chi connectivity index (χ4v) is 1.93. The number of pyridine rings is 1. The van der Waals surface area contributed by atoms with E-state index in [1.54, 1.807) is 6.20 Å². The molecule has 2 N–H and O–H groups in total. The van der Waals surface area contributed by atoms with E-state index in [9.17, 15) is 0 Å². The molecule has 0 amide bonds. The Hall–Kier alpha value is -0.930. The fraction of sp³-hybridized carbons (Fsp3) is 0.100. The Balaban J connectivity index is 2.79. The van der Waals surface area contributed by atoms with Crippen molar-refractivity contribution in [2.24, 2.45) is 5.73 Å². The smallest absolute Gasteiger partial charge is 0.0847 e. The van der Waals surface area contributed by atoms with Crippen LogP contribution in [0.2, 0.25) is 0 Å². The van der Waals surface area contributed by atoms with Gasteiger partial charge >= 0.3 is 0 Å². The average molecular weight is 237 g/mol. The van der Waals surface area contributed by atoms with Gasteiger partial charge in [0.15, 0.2) is 0 Å². The highest BCUT2D eigenvalue weighted by Gasteiger charge is 2.03. The molecular formula is C10H9BrN2. The zero-order valence-electron chi connectivity index (χ0n) is 7.00. The monoisotopic (exact) mass is 236 g/mol. The van der Waals surface area contributed by atoms with Crippen LogP contribution in [0.5, 0.6) is 0 Å². The second-order valence-corrected chi connectivity index (χ2v) is 3.61. The van der Waals surface area contributed by atoms with E-state index in [1.165, 1.54) is 0 Å². The molecule has 0 aliphatic rings. The molecule has 0 unspecified atom stereocenters. The van der Waals surface area contributed by atoms with Crippen molar-refractivity contribution in [3.05, 3.63) is 40.5 Å². The van der Waals surface area contributed by atoms with Gasteiger partial charge in [-0.3, -0.25) is 4.98 Å². The molecule has 13 heavy (non-hydrogen) atoms. The van der Waals surface area contributed by atoms with Gasteiger partial charge in [-0.25, -0.2) is 0 Å². The fourth-order valence-electron chi connectivity index (χ4n) is 1.31. The molecule has 0 atom stereocenters. The van der Waals surface area contributed by atoms with Crippen molar-refractivity contribution in [2.45, 2.75) is 6.54 Å². The quantitative estimate of drug-likeness (QED) is 0.827. The zero-order valence-corrected chi connectivity index (χ0v) is 8.58. The summed E-state index contributed by atoms with van der Waals surface area (Å²) in [6.45, 7) is 0.535. The lowest BCUT2D eigenvalue weighted by molar-refractivity contribution is 1.06. The van der Waals surface area contributed by atoms with Gasteiger partial charge in [-0.1, -0.05) is 18.2 Å². The van der Waals surface area contributed by atoms with Crippen LogP contribution < -0.4 is 5.73 Å². The van der Waals surface area contributed by atoms with Gasteiger partial charge in [0.2, 0.25) is 0 Å². The Morgan fingerprint density at radius 2 is 2.15 bits per heavy atom. The Labute approximate surface area is 84.9 Å². The summed E-state index contributed by atoms with van der Waals surface area (Å²) in [6, 6.07) is 8.02. The molecule has 2 nitrogen and oxygen atoms in total. The minimum absolute atomic E-state index is 0.535. The van der Waals surface area contributed by atoms with Gasteiger partial charge in [-0.05, 0) is 27.6 Å². The van der Waals surface area contributed by atoms with Crippen LogP contribution in [0, 0.1) is 0 Å². The summed E-state index contributed by atoms with van der Waals surface area (Å²) in [5.41, 5.74) is 7.65. The Morgan fingerprint density at radius 3 is 2.92 bits per heavy atom. The Bertz CT molecular complexity index is 440. The van der Waals surface area contributed by atoms with E-state index in [0.29, 0.717) is 6.54 Å². The molecule has 1 aromatic carbocycles. The highest BCUT2D eigenvalue weighted by molar-refractivity contribution is 9.10. The number of halogens is 1. The minimum atomic E-state index is 0.535. The summed E-state index contributed by atoms with van der Waals surface area (Å²) in [7, 11) is 0. The number of fused-ring (bicyclic) bond motifs is 1. The minimum Gasteiger partial charge on any atom is -0.326 e. The van der Waals surface area contributed by atoms with Gasteiger partial charge in [-0.2, -0.15) is 0 Å². The van der Waals surface area contributed by atoms with Gasteiger partial charge in [0.05, 0.1) is 5.52 Å². The summed E-state index contributed by atoms with van der Waals surface area (Å²) in [5, 5.41) is 1.13. The predicted molar refractivity (Wildman–Crippen MR) is 57.3 cm³/mol. The summed E-state index contributed by atoms with van der Waals surface area (Å²) in [6.07, 6.45) is 1.79. The second-order valence-electron chi connectivity index (χ2n) is 2.82. The van der Waals surface area contributed by atoms with Crippen molar-refractivity contribution in [1.29, 1.82) is 0 Å². The summed E-state index contributed by atoms with van der Waals surface area (Å²) in [5.74, 6) is 0. The van der Waals surface area contributed by atoms with Crippen LogP contribution >= 0.6 is 15.9 Å². The number of aromatic nitrogens is 1. The van der Waals surface area contributed by atoms with Gasteiger partial charge in [0.25, 0.3) is 0 Å². The molecule has 2 aromatic rings. The first-order valence-corrected chi connectivity index (χ1v) is 4.84. The van der Waals surface area contributed by atoms with Crippen LogP contribution in [0.25, 0.3) is 10.9 Å². The third kappa shape index (κ3) is 1.45. The molecule has 0 spiro atoms. The zero-order chi connectivity index (χ0) is 9.26. The third-order valence-electron chi connectivity index (χ3n) is 2.01. The lowest BCUT2D eigenvalue weighted by Crippen LogP contribution is -1.97. The van der Waals surface area contributed by atoms with Crippen molar-refractivity contribution in [2.75, 3.05) is 0 Å². The maximum absolute atomic E-state index is 5.58. The lowest BCUT2D eigenvalue weighted by Gasteiger charge is -2.04. The Morgan fingerprint density at radius 1 is 1.31 bits per heavy atom. The average Bonchev–Trinajstić information content (AvgIpc) is 2.19. The van der Waals surface area contributed by atoms with Crippen molar-refractivity contribution in [3.63, 3.8) is 0 Å². The molecule has 0 saturated heterocycles. The van der Waals surface area contributed by atoms with Crippen molar-refractivity contribution in [1.82, 2.24) is 4.98 Å². The van der Waals surface area contributed by atoms with Gasteiger partial charge in [-0.15, -0.1) is 0 Å². The van der Waals surface area contributed by atoms with Crippen LogP contribution in [0.4, 0.5) is 0 Å². The van der Waals surface area contributed by atoms with E-state index in [1.807, 2.05) is 24.3 Å². The van der Waals surface area contributed by atoms with Gasteiger partial charge < -0.3 is 5.73 Å². The standard InChI is InChI=1S/C10H9BrN2/c11-9-8(6-12)4-3-7-2-1-5-13-10(7)9/h1-5H,6,12H2. The molecule has 3 heteroatoms. The molecule has 0 radical (unpaired) electrons. The number of hydrogen-bond acceptors (Lipinski definition) is 2.